The van der Waals surface area contributed by atoms with E-state index in [-0.39, 0.29) is 5.78 Å². The summed E-state index contributed by atoms with van der Waals surface area (Å²) in [5.41, 5.74) is 0. The van der Waals surface area contributed by atoms with Crippen molar-refractivity contribution in [3.63, 3.8) is 0 Å². The van der Waals surface area contributed by atoms with Crippen molar-refractivity contribution in [1.82, 2.24) is 4.90 Å². The molecule has 0 saturated carbocycles. The Morgan fingerprint density at radius 3 is 2.38 bits per heavy atom. The van der Waals surface area contributed by atoms with E-state index >= 15 is 0 Å². The molecule has 0 bridgehead atoms. The molecule has 0 amide bonds. The third-order valence-electron chi connectivity index (χ3n) is 0.684. The van der Waals surface area contributed by atoms with Crippen LogP contribution < -0.4 is 0 Å². The number of nitrogens with zero attached hydrogens (tertiary/aromatic N) is 1. The molecule has 0 aliphatic rings. The van der Waals surface area contributed by atoms with Gasteiger partial charge in [0.1, 0.15) is 5.78 Å². The summed E-state index contributed by atoms with van der Waals surface area (Å²) >= 11 is 0. The molecule has 0 N–H and O–H groups in total. The molecule has 0 aromatic heterocycles. The van der Waals surface area contributed by atoms with Crippen LogP contribution in [0.3, 0.4) is 0 Å². The first-order chi connectivity index (χ1) is 3.63. The van der Waals surface area contributed by atoms with Gasteiger partial charge in [0.05, 0.1) is 0 Å². The highest BCUT2D eigenvalue weighted by Gasteiger charge is 1.93. The zero-order valence-corrected chi connectivity index (χ0v) is 5.35. The first-order valence-corrected chi connectivity index (χ1v) is 2.47. The molecule has 0 aliphatic heterocycles. The number of hydrogen-bond acceptors (Lipinski definition) is 2. The molecule has 2 radical (unpaired) electrons. The lowest BCUT2D eigenvalue weighted by Crippen LogP contribution is -2.09. The van der Waals surface area contributed by atoms with E-state index in [0.29, 0.717) is 6.42 Å². The Labute approximate surface area is 50.5 Å². The lowest BCUT2D eigenvalue weighted by Gasteiger charge is -2.04. The van der Waals surface area contributed by atoms with Crippen LogP contribution in [-0.4, -0.2) is 24.8 Å². The van der Waals surface area contributed by atoms with Gasteiger partial charge in [0, 0.05) is 19.9 Å². The van der Waals surface area contributed by atoms with Crippen LogP contribution in [0.1, 0.15) is 6.42 Å². The van der Waals surface area contributed by atoms with Gasteiger partial charge in [-0.3, -0.25) is 4.79 Å². The van der Waals surface area contributed by atoms with Gasteiger partial charge in [-0.05, 0) is 14.1 Å². The Bertz CT molecular complexity index is 78.6. The molecule has 0 saturated heterocycles. The number of carbonyl (C=O) groups is 1. The number of carbonyl (C=O) groups excluding carboxylic acids is 1. The summed E-state index contributed by atoms with van der Waals surface area (Å²) < 4.78 is 0. The highest BCUT2D eigenvalue weighted by molar-refractivity contribution is 5.83. The van der Waals surface area contributed by atoms with Crippen LogP contribution in [0.15, 0.2) is 0 Å². The lowest BCUT2D eigenvalue weighted by atomic mass is 10.3. The Kier molecular flexibility index (Phi) is 3.44. The Morgan fingerprint density at radius 1 is 1.75 bits per heavy atom. The second kappa shape index (κ2) is 3.61. The fraction of sp³-hybridized carbons (Fsp3) is 0.500. The van der Waals surface area contributed by atoms with Crippen LogP contribution in [0.4, 0.5) is 0 Å². The van der Waals surface area contributed by atoms with Crippen molar-refractivity contribution in [2.24, 2.45) is 0 Å². The molecule has 0 unspecified atom stereocenters. The SMILES string of the molecule is [CH2]C(=O)C[CH]N(C)C. The summed E-state index contributed by atoms with van der Waals surface area (Å²) in [6, 6.07) is 0. The van der Waals surface area contributed by atoms with Crippen molar-refractivity contribution in [3.05, 3.63) is 13.5 Å². The predicted molar refractivity (Wildman–Crippen MR) is 33.0 cm³/mol. The lowest BCUT2D eigenvalue weighted by molar-refractivity contribution is -0.114. The fourth-order valence-electron chi connectivity index (χ4n) is 0.284. The van der Waals surface area contributed by atoms with E-state index < -0.39 is 0 Å². The summed E-state index contributed by atoms with van der Waals surface area (Å²) in [6.45, 7) is 5.00. The molecule has 0 heterocycles. The van der Waals surface area contributed by atoms with E-state index in [2.05, 4.69) is 6.92 Å². The third-order valence-corrected chi connectivity index (χ3v) is 0.684. The van der Waals surface area contributed by atoms with Gasteiger partial charge in [0.2, 0.25) is 0 Å². The number of rotatable bonds is 3. The molecule has 0 aromatic rings. The van der Waals surface area contributed by atoms with Crippen molar-refractivity contribution in [2.45, 2.75) is 6.42 Å². The average molecular weight is 113 g/mol. The van der Waals surface area contributed by atoms with Gasteiger partial charge in [-0.15, -0.1) is 0 Å². The van der Waals surface area contributed by atoms with Crippen molar-refractivity contribution >= 4 is 5.78 Å². The van der Waals surface area contributed by atoms with Crippen LogP contribution in [-0.2, 0) is 4.79 Å². The van der Waals surface area contributed by atoms with Gasteiger partial charge >= 0.3 is 0 Å². The average Bonchev–Trinajstić information content (AvgIpc) is 1.61. The maximum absolute atomic E-state index is 10.2. The van der Waals surface area contributed by atoms with Crippen molar-refractivity contribution in [1.29, 1.82) is 0 Å². The maximum atomic E-state index is 10.2. The van der Waals surface area contributed by atoms with E-state index in [0.717, 1.165) is 0 Å². The van der Waals surface area contributed by atoms with Gasteiger partial charge in [0.15, 0.2) is 0 Å². The molecular weight excluding hydrogens is 102 g/mol. The van der Waals surface area contributed by atoms with Gasteiger partial charge in [-0.2, -0.15) is 0 Å². The second-order valence-electron chi connectivity index (χ2n) is 1.89. The largest absolute Gasteiger partial charge is 0.304 e. The summed E-state index contributed by atoms with van der Waals surface area (Å²) in [6.07, 6.45) is 0.438. The Hall–Kier alpha value is -0.370. The van der Waals surface area contributed by atoms with Crippen LogP contribution >= 0.6 is 0 Å². The van der Waals surface area contributed by atoms with Crippen molar-refractivity contribution in [3.8, 4) is 0 Å². The van der Waals surface area contributed by atoms with E-state index in [1.54, 1.807) is 6.54 Å². The smallest absolute Gasteiger partial charge is 0.134 e. The molecule has 0 atom stereocenters. The first-order valence-electron chi connectivity index (χ1n) is 2.47. The quantitative estimate of drug-likeness (QED) is 0.531. The highest BCUT2D eigenvalue weighted by atomic mass is 16.1. The standard InChI is InChI=1S/C6H11NO/c1-6(8)4-5-7(2)3/h5H,1,4H2,2-3H3. The molecule has 0 aromatic carbocycles. The molecule has 0 spiro atoms. The zero-order valence-electron chi connectivity index (χ0n) is 5.35. The normalized spacial score (nSPS) is 10.0. The number of ketones is 1. The Balaban J connectivity index is 3.05. The molecule has 8 heavy (non-hydrogen) atoms. The molecule has 2 nitrogen and oxygen atoms in total. The van der Waals surface area contributed by atoms with Gasteiger partial charge in [-0.25, -0.2) is 0 Å². The van der Waals surface area contributed by atoms with Crippen LogP contribution in [0.2, 0.25) is 0 Å². The predicted octanol–water partition coefficient (Wildman–Crippen LogP) is 0.503. The van der Waals surface area contributed by atoms with Gasteiger partial charge in [-0.1, -0.05) is 0 Å². The summed E-state index contributed by atoms with van der Waals surface area (Å²) in [7, 11) is 3.76. The summed E-state index contributed by atoms with van der Waals surface area (Å²) in [4.78, 5) is 12.0. The van der Waals surface area contributed by atoms with Gasteiger partial charge < -0.3 is 4.90 Å². The minimum Gasteiger partial charge on any atom is -0.304 e. The molecular formula is C6H11NO. The van der Waals surface area contributed by atoms with E-state index in [1.807, 2.05) is 19.0 Å². The number of Topliss-reactive ketones (excluding diaryl/α,β-unsaturated/α-hetero) is 1. The van der Waals surface area contributed by atoms with Crippen molar-refractivity contribution < 1.29 is 4.79 Å². The second-order valence-corrected chi connectivity index (χ2v) is 1.89. The monoisotopic (exact) mass is 113 g/mol. The maximum Gasteiger partial charge on any atom is 0.134 e. The Morgan fingerprint density at radius 2 is 2.25 bits per heavy atom. The van der Waals surface area contributed by atoms with Crippen LogP contribution in [0, 0.1) is 13.5 Å². The molecule has 2 heteroatoms. The summed E-state index contributed by atoms with van der Waals surface area (Å²) in [5, 5.41) is 0. The van der Waals surface area contributed by atoms with Gasteiger partial charge in [0.25, 0.3) is 0 Å². The fourth-order valence-corrected chi connectivity index (χ4v) is 0.284. The number of hydrogen-bond donors (Lipinski definition) is 0. The van der Waals surface area contributed by atoms with Crippen LogP contribution in [0.5, 0.6) is 0 Å². The molecule has 0 rings (SSSR count). The highest BCUT2D eigenvalue weighted by Crippen LogP contribution is 1.89. The van der Waals surface area contributed by atoms with E-state index in [1.165, 1.54) is 0 Å². The van der Waals surface area contributed by atoms with E-state index in [4.69, 9.17) is 0 Å². The minimum absolute atomic E-state index is 0.0429. The molecule has 0 aliphatic carbocycles. The van der Waals surface area contributed by atoms with E-state index in [9.17, 15) is 4.79 Å². The van der Waals surface area contributed by atoms with Crippen molar-refractivity contribution in [2.75, 3.05) is 14.1 Å². The first kappa shape index (κ1) is 7.63. The zero-order chi connectivity index (χ0) is 6.57. The molecule has 46 valence electrons. The van der Waals surface area contributed by atoms with Crippen LogP contribution in [0.25, 0.3) is 0 Å². The minimum atomic E-state index is -0.0429. The third kappa shape index (κ3) is 5.63. The summed E-state index contributed by atoms with van der Waals surface area (Å²) in [5.74, 6) is -0.0429. The topological polar surface area (TPSA) is 20.3 Å². The molecule has 0 fully saturated rings.